The van der Waals surface area contributed by atoms with Crippen LogP contribution >= 0.6 is 34.8 Å². The van der Waals surface area contributed by atoms with Crippen molar-refractivity contribution in [2.75, 3.05) is 6.61 Å². The first-order valence-electron chi connectivity index (χ1n) is 6.13. The Kier molecular flexibility index (Phi) is 6.84. The second-order valence-electron chi connectivity index (χ2n) is 4.02. The van der Waals surface area contributed by atoms with Crippen molar-refractivity contribution < 1.29 is 19.1 Å². The number of rotatable bonds is 5. The minimum atomic E-state index is -2.23. The summed E-state index contributed by atoms with van der Waals surface area (Å²) in [4.78, 5) is 26.6. The van der Waals surface area contributed by atoms with Gasteiger partial charge in [0, 0.05) is 0 Å². The van der Waals surface area contributed by atoms with Gasteiger partial charge in [0.15, 0.2) is 6.04 Å². The molecule has 1 aromatic carbocycles. The molecule has 1 atom stereocenters. The van der Waals surface area contributed by atoms with Gasteiger partial charge >= 0.3 is 11.7 Å². The van der Waals surface area contributed by atoms with Gasteiger partial charge in [0.25, 0.3) is 9.70 Å². The van der Waals surface area contributed by atoms with Crippen LogP contribution in [0, 0.1) is 0 Å². The number of esters is 1. The van der Waals surface area contributed by atoms with Gasteiger partial charge in [-0.25, -0.2) is 4.79 Å². The van der Waals surface area contributed by atoms with Crippen LogP contribution in [0.25, 0.3) is 5.53 Å². The monoisotopic (exact) mass is 363 g/mol. The van der Waals surface area contributed by atoms with Gasteiger partial charge in [-0.3, -0.25) is 4.79 Å². The van der Waals surface area contributed by atoms with Crippen LogP contribution in [0.2, 0.25) is 0 Å². The molecule has 1 N–H and O–H groups in total. The highest BCUT2D eigenvalue weighted by Crippen LogP contribution is 2.27. The third kappa shape index (κ3) is 5.00. The Balaban J connectivity index is 3.20. The van der Waals surface area contributed by atoms with Gasteiger partial charge in [0.2, 0.25) is 0 Å². The summed E-state index contributed by atoms with van der Waals surface area (Å²) in [6, 6.07) is 7.15. The number of carbonyl (C=O) groups excluding carboxylic acids is 2. The maximum atomic E-state index is 11.9. The third-order valence-electron chi connectivity index (χ3n) is 2.53. The molecule has 0 aliphatic carbocycles. The first-order chi connectivity index (χ1) is 10.3. The molecule has 1 amide bonds. The van der Waals surface area contributed by atoms with Crippen molar-refractivity contribution >= 4 is 52.4 Å². The van der Waals surface area contributed by atoms with Crippen molar-refractivity contribution in [2.24, 2.45) is 0 Å². The molecule has 0 fully saturated rings. The Bertz CT molecular complexity index is 596. The summed E-state index contributed by atoms with van der Waals surface area (Å²) in [6.07, 6.45) is 0. The van der Waals surface area contributed by atoms with E-state index in [1.807, 2.05) is 0 Å². The number of halogens is 3. The standard InChI is InChI=1S/C13H12Cl3N3O3/c1-2-22-11(20)10(19-17)9(8-6-4-3-5-7-8)18-12(21)13(14,15)16/h3-7,9H,2H2,1H3,(H,18,21). The van der Waals surface area contributed by atoms with Gasteiger partial charge in [0.1, 0.15) is 0 Å². The zero-order chi connectivity index (χ0) is 16.8. The molecule has 0 saturated heterocycles. The van der Waals surface area contributed by atoms with Gasteiger partial charge in [-0.2, -0.15) is 4.79 Å². The number of ether oxygens (including phenoxy) is 1. The lowest BCUT2D eigenvalue weighted by atomic mass is 10.0. The van der Waals surface area contributed by atoms with Crippen LogP contribution in [0.3, 0.4) is 0 Å². The van der Waals surface area contributed by atoms with Gasteiger partial charge in [-0.05, 0) is 12.5 Å². The largest absolute Gasteiger partial charge is 0.457 e. The number of benzene rings is 1. The molecule has 0 spiro atoms. The summed E-state index contributed by atoms with van der Waals surface area (Å²) < 4.78 is 2.55. The predicted octanol–water partition coefficient (Wildman–Crippen LogP) is 2.45. The van der Waals surface area contributed by atoms with Crippen molar-refractivity contribution in [1.29, 1.82) is 0 Å². The summed E-state index contributed by atoms with van der Waals surface area (Å²) >= 11 is 16.5. The fourth-order valence-electron chi connectivity index (χ4n) is 1.59. The molecule has 0 aliphatic heterocycles. The summed E-state index contributed by atoms with van der Waals surface area (Å²) in [5.74, 6) is -1.87. The Morgan fingerprint density at radius 3 is 2.36 bits per heavy atom. The molecule has 1 rings (SSSR count). The van der Waals surface area contributed by atoms with Crippen molar-refractivity contribution in [2.45, 2.75) is 16.8 Å². The highest BCUT2D eigenvalue weighted by Gasteiger charge is 2.39. The highest BCUT2D eigenvalue weighted by atomic mass is 35.6. The Hall–Kier alpha value is -1.59. The zero-order valence-electron chi connectivity index (χ0n) is 11.4. The van der Waals surface area contributed by atoms with E-state index < -0.39 is 27.4 Å². The normalized spacial score (nSPS) is 12.0. The number of hydrogen-bond acceptors (Lipinski definition) is 3. The number of alkyl halides is 3. The smallest absolute Gasteiger partial charge is 0.419 e. The van der Waals surface area contributed by atoms with E-state index in [9.17, 15) is 9.59 Å². The van der Waals surface area contributed by atoms with Gasteiger partial charge < -0.3 is 15.6 Å². The molecule has 0 saturated carbocycles. The lowest BCUT2D eigenvalue weighted by Crippen LogP contribution is -2.43. The lowest BCUT2D eigenvalue weighted by molar-refractivity contribution is -0.140. The van der Waals surface area contributed by atoms with Crippen molar-refractivity contribution in [3.63, 3.8) is 0 Å². The molecule has 6 nitrogen and oxygen atoms in total. The average Bonchev–Trinajstić information content (AvgIpc) is 2.47. The van der Waals surface area contributed by atoms with Gasteiger partial charge in [-0.15, -0.1) is 0 Å². The second kappa shape index (κ2) is 8.15. The molecular formula is C13H12Cl3N3O3. The fraction of sp³-hybridized carbons (Fsp3) is 0.308. The molecule has 118 valence electrons. The summed E-state index contributed by atoms with van der Waals surface area (Å²) in [5.41, 5.74) is 9.12. The average molecular weight is 365 g/mol. The van der Waals surface area contributed by atoms with Gasteiger partial charge in [0.05, 0.1) is 6.61 Å². The number of nitrogens with one attached hydrogen (secondary N) is 1. The topological polar surface area (TPSA) is 91.8 Å². The van der Waals surface area contributed by atoms with Crippen LogP contribution in [0.1, 0.15) is 18.5 Å². The molecule has 0 aromatic heterocycles. The molecule has 9 heteroatoms. The van der Waals surface area contributed by atoms with Crippen LogP contribution in [0.15, 0.2) is 30.3 Å². The number of amides is 1. The van der Waals surface area contributed by atoms with Crippen LogP contribution < -0.4 is 5.32 Å². The summed E-state index contributed by atoms with van der Waals surface area (Å²) in [6.45, 7) is 1.65. The van der Waals surface area contributed by atoms with Crippen molar-refractivity contribution in [3.05, 3.63) is 41.4 Å². The fourth-order valence-corrected chi connectivity index (χ4v) is 1.75. The van der Waals surface area contributed by atoms with Crippen LogP contribution in [-0.2, 0) is 14.3 Å². The highest BCUT2D eigenvalue weighted by molar-refractivity contribution is 6.76. The first kappa shape index (κ1) is 18.5. The quantitative estimate of drug-likeness (QED) is 0.286. The van der Waals surface area contributed by atoms with Crippen LogP contribution in [0.4, 0.5) is 0 Å². The molecule has 0 bridgehead atoms. The molecule has 1 unspecified atom stereocenters. The van der Waals surface area contributed by atoms with Gasteiger partial charge in [-0.1, -0.05) is 65.1 Å². The molecule has 0 radical (unpaired) electrons. The van der Waals surface area contributed by atoms with E-state index >= 15 is 0 Å². The number of carbonyl (C=O) groups is 2. The first-order valence-corrected chi connectivity index (χ1v) is 7.26. The number of nitrogens with zero attached hydrogens (tertiary/aromatic N) is 2. The zero-order valence-corrected chi connectivity index (χ0v) is 13.7. The number of hydrogen-bond donors (Lipinski definition) is 1. The van der Waals surface area contributed by atoms with Crippen LogP contribution in [0.5, 0.6) is 0 Å². The Morgan fingerprint density at radius 2 is 1.91 bits per heavy atom. The van der Waals surface area contributed by atoms with Crippen LogP contribution in [-0.4, -0.2) is 32.8 Å². The van der Waals surface area contributed by atoms with E-state index in [4.69, 9.17) is 45.1 Å². The maximum Gasteiger partial charge on any atom is 0.419 e. The van der Waals surface area contributed by atoms with E-state index in [1.165, 1.54) is 0 Å². The van der Waals surface area contributed by atoms with E-state index in [2.05, 4.69) is 10.1 Å². The molecule has 0 aliphatic rings. The maximum absolute atomic E-state index is 11.9. The van der Waals surface area contributed by atoms with E-state index in [-0.39, 0.29) is 6.61 Å². The molecular weight excluding hydrogens is 353 g/mol. The SMILES string of the molecule is CCOC(=O)C(=[N+]=[N-])C(NC(=O)C(Cl)(Cl)Cl)c1ccccc1. The minimum absolute atomic E-state index is 0.0672. The molecule has 22 heavy (non-hydrogen) atoms. The predicted molar refractivity (Wildman–Crippen MR) is 82.9 cm³/mol. The minimum Gasteiger partial charge on any atom is -0.457 e. The van der Waals surface area contributed by atoms with E-state index in [0.717, 1.165) is 0 Å². The second-order valence-corrected chi connectivity index (χ2v) is 6.30. The lowest BCUT2D eigenvalue weighted by Gasteiger charge is -2.17. The van der Waals surface area contributed by atoms with E-state index in [0.29, 0.717) is 5.56 Å². The third-order valence-corrected chi connectivity index (χ3v) is 3.05. The molecule has 1 aromatic rings. The molecule has 0 heterocycles. The summed E-state index contributed by atoms with van der Waals surface area (Å²) in [5, 5.41) is 2.34. The Labute approximate surface area is 141 Å². The summed E-state index contributed by atoms with van der Waals surface area (Å²) in [7, 11) is 0. The Morgan fingerprint density at radius 1 is 1.32 bits per heavy atom. The van der Waals surface area contributed by atoms with Crippen molar-refractivity contribution in [3.8, 4) is 0 Å². The van der Waals surface area contributed by atoms with E-state index in [1.54, 1.807) is 37.3 Å². The van der Waals surface area contributed by atoms with Crippen molar-refractivity contribution in [1.82, 2.24) is 5.32 Å².